The zero-order chi connectivity index (χ0) is 19.0. The number of hydrogen-bond donors (Lipinski definition) is 1. The first kappa shape index (κ1) is 19.2. The van der Waals surface area contributed by atoms with Crippen LogP contribution in [0.3, 0.4) is 0 Å². The first-order valence-corrected chi connectivity index (χ1v) is 11.9. The van der Waals surface area contributed by atoms with Crippen molar-refractivity contribution in [3.05, 3.63) is 28.8 Å². The van der Waals surface area contributed by atoms with Crippen molar-refractivity contribution in [1.29, 1.82) is 0 Å². The van der Waals surface area contributed by atoms with E-state index in [2.05, 4.69) is 5.32 Å². The van der Waals surface area contributed by atoms with Crippen molar-refractivity contribution in [2.45, 2.75) is 62.3 Å². The average Bonchev–Trinajstić information content (AvgIpc) is 3.14. The summed E-state index contributed by atoms with van der Waals surface area (Å²) < 4.78 is 27.6. The Balaban J connectivity index is 1.54. The highest BCUT2D eigenvalue weighted by molar-refractivity contribution is 7.89. The van der Waals surface area contributed by atoms with Gasteiger partial charge in [0, 0.05) is 19.1 Å². The highest BCUT2D eigenvalue weighted by atomic mass is 35.5. The van der Waals surface area contributed by atoms with E-state index in [-0.39, 0.29) is 22.4 Å². The lowest BCUT2D eigenvalue weighted by atomic mass is 9.95. The molecule has 1 aromatic carbocycles. The van der Waals surface area contributed by atoms with E-state index in [0.717, 1.165) is 38.0 Å². The molecule has 1 aliphatic heterocycles. The molecule has 3 fully saturated rings. The van der Waals surface area contributed by atoms with E-state index in [0.29, 0.717) is 24.0 Å². The van der Waals surface area contributed by atoms with Crippen LogP contribution in [0.4, 0.5) is 0 Å². The van der Waals surface area contributed by atoms with Crippen LogP contribution < -0.4 is 5.32 Å². The molecule has 2 bridgehead atoms. The van der Waals surface area contributed by atoms with Gasteiger partial charge in [0.25, 0.3) is 5.91 Å². The summed E-state index contributed by atoms with van der Waals surface area (Å²) in [5, 5.41) is 3.40. The molecule has 4 rings (SSSR count). The van der Waals surface area contributed by atoms with E-state index < -0.39 is 10.0 Å². The van der Waals surface area contributed by atoms with Gasteiger partial charge in [-0.15, -0.1) is 0 Å². The number of sulfonamides is 1. The van der Waals surface area contributed by atoms with Gasteiger partial charge in [0.15, 0.2) is 0 Å². The molecule has 1 amide bonds. The monoisotopic (exact) mass is 410 g/mol. The Kier molecular flexibility index (Phi) is 5.50. The van der Waals surface area contributed by atoms with E-state index in [1.54, 1.807) is 4.31 Å². The van der Waals surface area contributed by atoms with Crippen LogP contribution in [-0.2, 0) is 10.0 Å². The van der Waals surface area contributed by atoms with Gasteiger partial charge in [-0.3, -0.25) is 4.79 Å². The third-order valence-electron chi connectivity index (χ3n) is 6.44. The third-order valence-corrected chi connectivity index (χ3v) is 8.66. The molecule has 2 saturated carbocycles. The molecule has 1 saturated heterocycles. The maximum atomic E-state index is 13.0. The van der Waals surface area contributed by atoms with Crippen LogP contribution in [0.1, 0.15) is 61.7 Å². The lowest BCUT2D eigenvalue weighted by molar-refractivity contribution is 0.0923. The summed E-state index contributed by atoms with van der Waals surface area (Å²) >= 11 is 6.25. The molecule has 3 aliphatic rings. The number of halogens is 1. The van der Waals surface area contributed by atoms with Gasteiger partial charge >= 0.3 is 0 Å². The highest BCUT2D eigenvalue weighted by Crippen LogP contribution is 2.44. The number of carbonyl (C=O) groups is 1. The number of rotatable bonds is 4. The molecule has 2 aliphatic carbocycles. The molecule has 27 heavy (non-hydrogen) atoms. The minimum Gasteiger partial charge on any atom is -0.349 e. The SMILES string of the molecule is O=C(N[C@@H]1C[C@H]2CC[C@H]1C2)c1cc(S(=O)(=O)N2CCCCCC2)ccc1Cl. The van der Waals surface area contributed by atoms with Crippen LogP contribution in [-0.4, -0.2) is 37.8 Å². The molecule has 148 valence electrons. The Labute approximate surface area is 166 Å². The molecule has 0 unspecified atom stereocenters. The predicted octanol–water partition coefficient (Wildman–Crippen LogP) is 3.82. The van der Waals surface area contributed by atoms with Crippen LogP contribution in [0, 0.1) is 11.8 Å². The molecule has 5 nitrogen and oxygen atoms in total. The molecule has 0 radical (unpaired) electrons. The number of benzene rings is 1. The first-order valence-electron chi connectivity index (χ1n) is 10.1. The fourth-order valence-corrected chi connectivity index (χ4v) is 6.68. The van der Waals surface area contributed by atoms with Crippen molar-refractivity contribution in [3.8, 4) is 0 Å². The summed E-state index contributed by atoms with van der Waals surface area (Å²) in [6.45, 7) is 1.08. The Morgan fingerprint density at radius 2 is 1.81 bits per heavy atom. The van der Waals surface area contributed by atoms with E-state index in [4.69, 9.17) is 11.6 Å². The molecule has 1 heterocycles. The van der Waals surface area contributed by atoms with Crippen LogP contribution in [0.25, 0.3) is 0 Å². The number of nitrogens with one attached hydrogen (secondary N) is 1. The number of nitrogens with zero attached hydrogens (tertiary/aromatic N) is 1. The maximum absolute atomic E-state index is 13.0. The van der Waals surface area contributed by atoms with Gasteiger partial charge in [0.05, 0.1) is 15.5 Å². The molecular formula is C20H27ClN2O3S. The second kappa shape index (κ2) is 7.72. The smallest absolute Gasteiger partial charge is 0.253 e. The van der Waals surface area contributed by atoms with E-state index in [1.165, 1.54) is 37.5 Å². The quantitative estimate of drug-likeness (QED) is 0.820. The van der Waals surface area contributed by atoms with Crippen LogP contribution in [0.2, 0.25) is 5.02 Å². The van der Waals surface area contributed by atoms with Gasteiger partial charge in [0.1, 0.15) is 0 Å². The predicted molar refractivity (Wildman–Crippen MR) is 105 cm³/mol. The first-order chi connectivity index (χ1) is 12.9. The molecule has 7 heteroatoms. The van der Waals surface area contributed by atoms with Gasteiger partial charge in [0.2, 0.25) is 10.0 Å². The summed E-state index contributed by atoms with van der Waals surface area (Å²) in [5.74, 6) is 1.03. The number of amides is 1. The zero-order valence-corrected chi connectivity index (χ0v) is 17.1. The minimum absolute atomic E-state index is 0.159. The van der Waals surface area contributed by atoms with Gasteiger partial charge < -0.3 is 5.32 Å². The van der Waals surface area contributed by atoms with Crippen LogP contribution >= 0.6 is 11.6 Å². The Morgan fingerprint density at radius 1 is 1.07 bits per heavy atom. The van der Waals surface area contributed by atoms with Gasteiger partial charge in [-0.25, -0.2) is 8.42 Å². The molecule has 0 spiro atoms. The van der Waals surface area contributed by atoms with Gasteiger partial charge in [-0.1, -0.05) is 30.9 Å². The van der Waals surface area contributed by atoms with Crippen molar-refractivity contribution in [3.63, 3.8) is 0 Å². The summed E-state index contributed by atoms with van der Waals surface area (Å²) in [7, 11) is -3.60. The van der Waals surface area contributed by atoms with Gasteiger partial charge in [-0.05, 0) is 62.1 Å². The Bertz CT molecular complexity index is 819. The summed E-state index contributed by atoms with van der Waals surface area (Å²) in [5.41, 5.74) is 0.260. The van der Waals surface area contributed by atoms with Gasteiger partial charge in [-0.2, -0.15) is 4.31 Å². The topological polar surface area (TPSA) is 66.5 Å². The Hall–Kier alpha value is -1.11. The van der Waals surface area contributed by atoms with E-state index in [1.807, 2.05) is 0 Å². The lowest BCUT2D eigenvalue weighted by Gasteiger charge is -2.23. The van der Waals surface area contributed by atoms with E-state index >= 15 is 0 Å². The van der Waals surface area contributed by atoms with Crippen molar-refractivity contribution in [2.75, 3.05) is 13.1 Å². The second-order valence-corrected chi connectivity index (χ2v) is 10.6. The standard InChI is InChI=1S/C20H27ClN2O3S/c21-18-8-7-16(27(25,26)23-9-3-1-2-4-10-23)13-17(18)20(24)22-19-12-14-5-6-15(19)11-14/h7-8,13-15,19H,1-6,9-12H2,(H,22,24)/t14-,15-,19+/m0/s1. The fraction of sp³-hybridized carbons (Fsp3) is 0.650. The average molecular weight is 411 g/mol. The fourth-order valence-electron chi connectivity index (χ4n) is 4.94. The number of fused-ring (bicyclic) bond motifs is 2. The van der Waals surface area contributed by atoms with Crippen molar-refractivity contribution >= 4 is 27.5 Å². The molecule has 1 N–H and O–H groups in total. The van der Waals surface area contributed by atoms with Crippen molar-refractivity contribution < 1.29 is 13.2 Å². The lowest BCUT2D eigenvalue weighted by Crippen LogP contribution is -2.38. The van der Waals surface area contributed by atoms with Crippen molar-refractivity contribution in [1.82, 2.24) is 9.62 Å². The summed E-state index contributed by atoms with van der Waals surface area (Å²) in [6, 6.07) is 4.68. The third kappa shape index (κ3) is 3.89. The van der Waals surface area contributed by atoms with Crippen molar-refractivity contribution in [2.24, 2.45) is 11.8 Å². The van der Waals surface area contributed by atoms with Crippen LogP contribution in [0.5, 0.6) is 0 Å². The Morgan fingerprint density at radius 3 is 2.44 bits per heavy atom. The highest BCUT2D eigenvalue weighted by Gasteiger charge is 2.40. The normalized spacial score (nSPS) is 28.9. The zero-order valence-electron chi connectivity index (χ0n) is 15.5. The summed E-state index contributed by atoms with van der Waals surface area (Å²) in [6.07, 6.45) is 8.54. The second-order valence-electron chi connectivity index (χ2n) is 8.21. The van der Waals surface area contributed by atoms with E-state index in [9.17, 15) is 13.2 Å². The minimum atomic E-state index is -3.60. The molecule has 0 aromatic heterocycles. The number of hydrogen-bond acceptors (Lipinski definition) is 3. The molecule has 1 aromatic rings. The summed E-state index contributed by atoms with van der Waals surface area (Å²) in [4.78, 5) is 13.0. The largest absolute Gasteiger partial charge is 0.349 e. The molecular weight excluding hydrogens is 384 g/mol. The number of carbonyl (C=O) groups excluding carboxylic acids is 1. The molecule has 3 atom stereocenters. The van der Waals surface area contributed by atoms with Crippen LogP contribution in [0.15, 0.2) is 23.1 Å². The maximum Gasteiger partial charge on any atom is 0.253 e.